The minimum absolute atomic E-state index is 0.0717. The number of piperazine rings is 1. The monoisotopic (exact) mass is 742 g/mol. The molecule has 3 aliphatic rings. The number of carbonyl (C=O) groups is 3. The Morgan fingerprint density at radius 3 is 2.31 bits per heavy atom. The number of aryl methyl sites for hydroxylation is 1. The van der Waals surface area contributed by atoms with Gasteiger partial charge in [-0.15, -0.1) is 11.3 Å². The van der Waals surface area contributed by atoms with Crippen LogP contribution >= 0.6 is 11.3 Å². The van der Waals surface area contributed by atoms with Crippen molar-refractivity contribution < 1.29 is 37.4 Å². The maximum atomic E-state index is 14.0. The van der Waals surface area contributed by atoms with Gasteiger partial charge in [-0.3, -0.25) is 14.5 Å². The number of thiophene rings is 1. The van der Waals surface area contributed by atoms with E-state index < -0.39 is 17.7 Å². The van der Waals surface area contributed by atoms with Crippen LogP contribution in [0.2, 0.25) is 0 Å². The van der Waals surface area contributed by atoms with Crippen LogP contribution in [0.4, 0.5) is 13.2 Å². The van der Waals surface area contributed by atoms with Crippen LogP contribution in [0.1, 0.15) is 59.3 Å². The Morgan fingerprint density at radius 2 is 1.65 bits per heavy atom. The molecule has 2 amide bonds. The zero-order valence-corrected chi connectivity index (χ0v) is 30.4. The van der Waals surface area contributed by atoms with Gasteiger partial charge in [-0.05, 0) is 73.6 Å². The maximum Gasteiger partial charge on any atom is 0.490 e. The van der Waals surface area contributed by atoms with Crippen molar-refractivity contribution in [3.8, 4) is 0 Å². The van der Waals surface area contributed by atoms with Crippen LogP contribution < -0.4 is 10.6 Å². The highest BCUT2D eigenvalue weighted by molar-refractivity contribution is 7.20. The zero-order chi connectivity index (χ0) is 37.1. The zero-order valence-electron chi connectivity index (χ0n) is 29.6. The van der Waals surface area contributed by atoms with E-state index in [1.807, 2.05) is 24.3 Å². The topological polar surface area (TPSA) is 111 Å². The number of aliphatic carboxylic acids is 1. The Labute approximate surface area is 307 Å². The molecule has 0 bridgehead atoms. The van der Waals surface area contributed by atoms with Crippen LogP contribution in [0.15, 0.2) is 66.7 Å². The Balaban J connectivity index is 0.000000679. The summed E-state index contributed by atoms with van der Waals surface area (Å²) in [6.07, 6.45) is 5.57. The van der Waals surface area contributed by atoms with Gasteiger partial charge in [0, 0.05) is 57.2 Å². The SMILES string of the molecule is Cc1ccc2cc(C(=O)NC3(C(=O)N[C@@H](/C=C/CN4CCN(CC5CCOCC5)CC4)Cc4ccccc4)CCCC3)sc2c1.O=C(O)C(F)(F)F. The van der Waals surface area contributed by atoms with E-state index in [2.05, 4.69) is 69.8 Å². The Morgan fingerprint density at radius 1 is 1.00 bits per heavy atom. The van der Waals surface area contributed by atoms with E-state index in [1.165, 1.54) is 41.9 Å². The van der Waals surface area contributed by atoms with Gasteiger partial charge in [0.05, 0.1) is 10.9 Å². The van der Waals surface area contributed by atoms with Crippen molar-refractivity contribution >= 4 is 39.2 Å². The lowest BCUT2D eigenvalue weighted by atomic mass is 9.94. The van der Waals surface area contributed by atoms with Gasteiger partial charge < -0.3 is 25.4 Å². The van der Waals surface area contributed by atoms with E-state index in [9.17, 15) is 22.8 Å². The molecule has 0 spiro atoms. The first-order valence-corrected chi connectivity index (χ1v) is 18.9. The van der Waals surface area contributed by atoms with Crippen LogP contribution in [-0.2, 0) is 20.7 Å². The molecular formula is C39H49F3N4O5S. The Kier molecular flexibility index (Phi) is 13.9. The number of nitrogens with one attached hydrogen (secondary N) is 2. The van der Waals surface area contributed by atoms with Crippen molar-refractivity contribution in [3.05, 3.63) is 82.8 Å². The number of amides is 2. The molecule has 3 aromatic rings. The summed E-state index contributed by atoms with van der Waals surface area (Å²) in [6.45, 7) is 10.3. The fourth-order valence-corrected chi connectivity index (χ4v) is 8.14. The number of halogens is 3. The maximum absolute atomic E-state index is 14.0. The third-order valence-corrected chi connectivity index (χ3v) is 11.2. The van der Waals surface area contributed by atoms with Crippen molar-refractivity contribution in [2.75, 3.05) is 52.5 Å². The third-order valence-electron chi connectivity index (χ3n) is 10.1. The van der Waals surface area contributed by atoms with Crippen LogP contribution in [0.3, 0.4) is 0 Å². The second kappa shape index (κ2) is 18.3. The summed E-state index contributed by atoms with van der Waals surface area (Å²) in [5.41, 5.74) is 1.47. The number of nitrogens with zero attached hydrogens (tertiary/aromatic N) is 2. The molecule has 3 fully saturated rings. The molecule has 1 aromatic heterocycles. The molecule has 1 saturated carbocycles. The first-order valence-electron chi connectivity index (χ1n) is 18.1. The predicted octanol–water partition coefficient (Wildman–Crippen LogP) is 6.21. The number of carboxylic acids is 1. The summed E-state index contributed by atoms with van der Waals surface area (Å²) in [5.74, 6) is -2.21. The molecule has 0 radical (unpaired) electrons. The second-order valence-corrected chi connectivity index (χ2v) is 15.1. The summed E-state index contributed by atoms with van der Waals surface area (Å²) in [7, 11) is 0. The van der Waals surface area contributed by atoms with Gasteiger partial charge in [-0.1, -0.05) is 67.5 Å². The highest BCUT2D eigenvalue weighted by Crippen LogP contribution is 2.32. The predicted molar refractivity (Wildman–Crippen MR) is 197 cm³/mol. The lowest BCUT2D eigenvalue weighted by Crippen LogP contribution is -2.58. The lowest BCUT2D eigenvalue weighted by molar-refractivity contribution is -0.192. The summed E-state index contributed by atoms with van der Waals surface area (Å²) in [4.78, 5) is 42.2. The first kappa shape index (κ1) is 39.4. The molecule has 13 heteroatoms. The van der Waals surface area contributed by atoms with Crippen molar-refractivity contribution in [1.82, 2.24) is 20.4 Å². The van der Waals surface area contributed by atoms with Gasteiger partial charge in [0.25, 0.3) is 5.91 Å². The van der Waals surface area contributed by atoms with Crippen molar-refractivity contribution in [1.29, 1.82) is 0 Å². The molecule has 1 aliphatic carbocycles. The van der Waals surface area contributed by atoms with E-state index in [0.717, 1.165) is 74.8 Å². The number of alkyl halides is 3. The van der Waals surface area contributed by atoms with Gasteiger partial charge in [0.1, 0.15) is 5.54 Å². The number of carbonyl (C=O) groups excluding carboxylic acids is 2. The largest absolute Gasteiger partial charge is 0.490 e. The minimum atomic E-state index is -5.08. The fourth-order valence-electron chi connectivity index (χ4n) is 7.08. The molecule has 1 atom stereocenters. The molecule has 3 heterocycles. The van der Waals surface area contributed by atoms with Gasteiger partial charge in [0.2, 0.25) is 5.91 Å². The summed E-state index contributed by atoms with van der Waals surface area (Å²) >= 11 is 1.49. The molecule has 2 saturated heterocycles. The molecule has 2 aromatic carbocycles. The summed E-state index contributed by atoms with van der Waals surface area (Å²) < 4.78 is 38.4. The fraction of sp³-hybridized carbons (Fsp3) is 0.513. The molecule has 2 aliphatic heterocycles. The van der Waals surface area contributed by atoms with Crippen molar-refractivity contribution in [3.63, 3.8) is 0 Å². The molecule has 9 nitrogen and oxygen atoms in total. The molecule has 282 valence electrons. The van der Waals surface area contributed by atoms with Crippen LogP contribution in [0.5, 0.6) is 0 Å². The smallest absolute Gasteiger partial charge is 0.475 e. The number of ether oxygens (including phenoxy) is 1. The lowest BCUT2D eigenvalue weighted by Gasteiger charge is -2.36. The first-order chi connectivity index (χ1) is 24.9. The van der Waals surface area contributed by atoms with E-state index >= 15 is 0 Å². The molecule has 6 rings (SSSR count). The quantitative estimate of drug-likeness (QED) is 0.201. The van der Waals surface area contributed by atoms with E-state index in [4.69, 9.17) is 14.6 Å². The number of benzene rings is 2. The van der Waals surface area contributed by atoms with Crippen LogP contribution in [-0.4, -0.2) is 103 Å². The van der Waals surface area contributed by atoms with Crippen molar-refractivity contribution in [2.24, 2.45) is 5.92 Å². The van der Waals surface area contributed by atoms with Gasteiger partial charge >= 0.3 is 12.1 Å². The normalized spacial score (nSPS) is 19.2. The van der Waals surface area contributed by atoms with Gasteiger partial charge in [-0.2, -0.15) is 13.2 Å². The summed E-state index contributed by atoms with van der Waals surface area (Å²) in [6, 6.07) is 18.4. The van der Waals surface area contributed by atoms with Gasteiger partial charge in [-0.25, -0.2) is 4.79 Å². The van der Waals surface area contributed by atoms with Crippen LogP contribution in [0, 0.1) is 12.8 Å². The Bertz CT molecular complexity index is 1660. The van der Waals surface area contributed by atoms with Gasteiger partial charge in [0.15, 0.2) is 0 Å². The number of hydrogen-bond acceptors (Lipinski definition) is 7. The average molecular weight is 743 g/mol. The standard InChI is InChI=1S/C37H48N4O3S.C2HF3O2/c1-28-11-12-31-26-34(45-33(31)24-28)35(42)39-37(15-5-6-16-37)36(43)38-32(25-29-8-3-2-4-9-29)10-7-17-40-18-20-41(21-19-40)27-30-13-22-44-23-14-30;3-2(4,5)1(6)7/h2-4,7-12,24,26,30,32H,5-6,13-23,25,27H2,1H3,(H,38,43)(H,39,42);(H,6,7)/b10-7+;/t32-;/m0./s1. The van der Waals surface area contributed by atoms with E-state index in [1.54, 1.807) is 0 Å². The highest BCUT2D eigenvalue weighted by Gasteiger charge is 2.43. The van der Waals surface area contributed by atoms with Crippen LogP contribution in [0.25, 0.3) is 10.1 Å². The minimum Gasteiger partial charge on any atom is -0.475 e. The number of hydrogen-bond donors (Lipinski definition) is 3. The molecule has 52 heavy (non-hydrogen) atoms. The molecular weight excluding hydrogens is 694 g/mol. The highest BCUT2D eigenvalue weighted by atomic mass is 32.1. The number of carboxylic acid groups (broad SMARTS) is 1. The average Bonchev–Trinajstić information content (AvgIpc) is 3.78. The van der Waals surface area contributed by atoms with E-state index in [0.29, 0.717) is 24.1 Å². The number of fused-ring (bicyclic) bond motifs is 1. The summed E-state index contributed by atoms with van der Waals surface area (Å²) in [5, 5.41) is 14.8. The Hall–Kier alpha value is -3.78. The van der Waals surface area contributed by atoms with E-state index in [-0.39, 0.29) is 17.9 Å². The second-order valence-electron chi connectivity index (χ2n) is 14.1. The molecule has 3 N–H and O–H groups in total. The van der Waals surface area contributed by atoms with Crippen molar-refractivity contribution in [2.45, 2.75) is 69.6 Å². The third kappa shape index (κ3) is 11.4. The molecule has 0 unspecified atom stereocenters. The number of rotatable bonds is 11.